The van der Waals surface area contributed by atoms with Crippen molar-refractivity contribution in [3.63, 3.8) is 0 Å². The number of halogens is 1. The van der Waals surface area contributed by atoms with E-state index in [9.17, 15) is 4.39 Å². The van der Waals surface area contributed by atoms with Gasteiger partial charge in [-0.15, -0.1) is 5.10 Å². The molecule has 1 N–H and O–H groups in total. The highest BCUT2D eigenvalue weighted by Gasteiger charge is 2.12. The third-order valence-corrected chi connectivity index (χ3v) is 3.08. The molecule has 0 saturated carbocycles. The Morgan fingerprint density at radius 1 is 1.26 bits per heavy atom. The van der Waals surface area contributed by atoms with E-state index in [0.717, 1.165) is 30.6 Å². The van der Waals surface area contributed by atoms with Crippen molar-refractivity contribution in [3.05, 3.63) is 47.5 Å². The van der Waals surface area contributed by atoms with E-state index in [2.05, 4.69) is 15.6 Å². The number of nitrogens with zero attached hydrogens (tertiary/aromatic N) is 3. The molecule has 2 aromatic rings. The zero-order chi connectivity index (χ0) is 13.7. The van der Waals surface area contributed by atoms with Crippen LogP contribution in [0.2, 0.25) is 0 Å². The molecule has 1 unspecified atom stereocenters. The van der Waals surface area contributed by atoms with Crippen LogP contribution in [0.25, 0.3) is 0 Å². The van der Waals surface area contributed by atoms with Crippen molar-refractivity contribution in [3.8, 4) is 0 Å². The summed E-state index contributed by atoms with van der Waals surface area (Å²) in [5, 5.41) is 11.3. The molecule has 1 atom stereocenters. The Bertz CT molecular complexity index is 506. The molecule has 4 nitrogen and oxygen atoms in total. The van der Waals surface area contributed by atoms with Gasteiger partial charge in [-0.2, -0.15) is 0 Å². The van der Waals surface area contributed by atoms with Crippen LogP contribution in [0.5, 0.6) is 0 Å². The van der Waals surface area contributed by atoms with E-state index in [4.69, 9.17) is 0 Å². The summed E-state index contributed by atoms with van der Waals surface area (Å²) in [5.74, 6) is 0.231. The van der Waals surface area contributed by atoms with Crippen LogP contribution < -0.4 is 5.32 Å². The van der Waals surface area contributed by atoms with E-state index in [1.807, 2.05) is 32.4 Å². The quantitative estimate of drug-likeness (QED) is 0.859. The van der Waals surface area contributed by atoms with Crippen LogP contribution in [-0.4, -0.2) is 28.6 Å². The standard InChI is InChI=1S/C14H19FN4/c1-16-9-12(8-14-10-19(2)18-17-14)7-11-3-5-13(15)6-4-11/h3-6,10,12,16H,7-9H2,1-2H3. The Labute approximate surface area is 112 Å². The van der Waals surface area contributed by atoms with Gasteiger partial charge in [0.05, 0.1) is 5.69 Å². The second-order valence-electron chi connectivity index (χ2n) is 4.84. The fourth-order valence-electron chi connectivity index (χ4n) is 2.24. The molecule has 0 radical (unpaired) electrons. The minimum atomic E-state index is -0.192. The fraction of sp³-hybridized carbons (Fsp3) is 0.429. The van der Waals surface area contributed by atoms with Gasteiger partial charge in [0.2, 0.25) is 0 Å². The predicted octanol–water partition coefficient (Wildman–Crippen LogP) is 1.57. The van der Waals surface area contributed by atoms with Gasteiger partial charge in [0, 0.05) is 13.2 Å². The van der Waals surface area contributed by atoms with Gasteiger partial charge >= 0.3 is 0 Å². The van der Waals surface area contributed by atoms with Crippen LogP contribution in [0.1, 0.15) is 11.3 Å². The smallest absolute Gasteiger partial charge is 0.123 e. The molecular weight excluding hydrogens is 243 g/mol. The summed E-state index contributed by atoms with van der Waals surface area (Å²) in [7, 11) is 3.80. The first kappa shape index (κ1) is 13.7. The van der Waals surface area contributed by atoms with E-state index in [1.165, 1.54) is 12.1 Å². The molecule has 2 rings (SSSR count). The highest BCUT2D eigenvalue weighted by molar-refractivity contribution is 5.17. The summed E-state index contributed by atoms with van der Waals surface area (Å²) in [5.41, 5.74) is 2.13. The third-order valence-electron chi connectivity index (χ3n) is 3.08. The van der Waals surface area contributed by atoms with E-state index in [1.54, 1.807) is 4.68 Å². The van der Waals surface area contributed by atoms with Crippen LogP contribution in [0.3, 0.4) is 0 Å². The van der Waals surface area contributed by atoms with Crippen LogP contribution in [0, 0.1) is 11.7 Å². The number of nitrogens with one attached hydrogen (secondary N) is 1. The van der Waals surface area contributed by atoms with Gasteiger partial charge < -0.3 is 5.32 Å². The van der Waals surface area contributed by atoms with E-state index in [-0.39, 0.29) is 5.82 Å². The summed E-state index contributed by atoms with van der Waals surface area (Å²) in [4.78, 5) is 0. The molecule has 0 aliphatic carbocycles. The van der Waals surface area contributed by atoms with Gasteiger partial charge in [-0.05, 0) is 50.0 Å². The average molecular weight is 262 g/mol. The van der Waals surface area contributed by atoms with Gasteiger partial charge in [-0.3, -0.25) is 4.68 Å². The predicted molar refractivity (Wildman–Crippen MR) is 72.2 cm³/mol. The minimum Gasteiger partial charge on any atom is -0.319 e. The van der Waals surface area contributed by atoms with Gasteiger partial charge in [0.15, 0.2) is 0 Å². The van der Waals surface area contributed by atoms with Crippen molar-refractivity contribution in [1.82, 2.24) is 20.3 Å². The van der Waals surface area contributed by atoms with Gasteiger partial charge in [0.1, 0.15) is 5.82 Å². The molecule has 5 heteroatoms. The highest BCUT2D eigenvalue weighted by Crippen LogP contribution is 2.13. The summed E-state index contributed by atoms with van der Waals surface area (Å²) in [6, 6.07) is 6.70. The summed E-state index contributed by atoms with van der Waals surface area (Å²) in [6.45, 7) is 0.897. The zero-order valence-electron chi connectivity index (χ0n) is 11.3. The Kier molecular flexibility index (Phi) is 4.63. The lowest BCUT2D eigenvalue weighted by atomic mass is 9.95. The van der Waals surface area contributed by atoms with Crippen LogP contribution in [-0.2, 0) is 19.9 Å². The Morgan fingerprint density at radius 2 is 2.00 bits per heavy atom. The summed E-state index contributed by atoms with van der Waals surface area (Å²) in [6.07, 6.45) is 3.71. The SMILES string of the molecule is CNCC(Cc1ccc(F)cc1)Cc1cn(C)nn1. The maximum atomic E-state index is 12.9. The lowest BCUT2D eigenvalue weighted by Gasteiger charge is -2.15. The van der Waals surface area contributed by atoms with Crippen LogP contribution in [0.15, 0.2) is 30.5 Å². The van der Waals surface area contributed by atoms with Crippen molar-refractivity contribution >= 4 is 0 Å². The van der Waals surface area contributed by atoms with E-state index in [0.29, 0.717) is 5.92 Å². The summed E-state index contributed by atoms with van der Waals surface area (Å²) >= 11 is 0. The Morgan fingerprint density at radius 3 is 2.58 bits per heavy atom. The number of benzene rings is 1. The molecule has 1 aromatic heterocycles. The molecule has 1 heterocycles. The van der Waals surface area contributed by atoms with Gasteiger partial charge in [-0.1, -0.05) is 17.3 Å². The van der Waals surface area contributed by atoms with Gasteiger partial charge in [0.25, 0.3) is 0 Å². The normalized spacial score (nSPS) is 12.6. The van der Waals surface area contributed by atoms with Crippen molar-refractivity contribution < 1.29 is 4.39 Å². The number of rotatable bonds is 6. The molecule has 0 amide bonds. The Balaban J connectivity index is 2.01. The van der Waals surface area contributed by atoms with Crippen molar-refractivity contribution in [2.75, 3.05) is 13.6 Å². The molecular formula is C14H19FN4. The molecule has 0 saturated heterocycles. The fourth-order valence-corrected chi connectivity index (χ4v) is 2.24. The molecule has 0 aliphatic rings. The minimum absolute atomic E-state index is 0.192. The Hall–Kier alpha value is -1.75. The summed E-state index contributed by atoms with van der Waals surface area (Å²) < 4.78 is 14.6. The lowest BCUT2D eigenvalue weighted by molar-refractivity contribution is 0.487. The maximum absolute atomic E-state index is 12.9. The monoisotopic (exact) mass is 262 g/mol. The number of aryl methyl sites for hydroxylation is 1. The van der Waals surface area contributed by atoms with Crippen LogP contribution in [0.4, 0.5) is 4.39 Å². The van der Waals surface area contributed by atoms with Crippen LogP contribution >= 0.6 is 0 Å². The molecule has 0 spiro atoms. The first-order valence-electron chi connectivity index (χ1n) is 6.41. The van der Waals surface area contributed by atoms with Crippen molar-refractivity contribution in [2.24, 2.45) is 13.0 Å². The molecule has 1 aromatic carbocycles. The molecule has 0 bridgehead atoms. The zero-order valence-corrected chi connectivity index (χ0v) is 11.3. The van der Waals surface area contributed by atoms with E-state index >= 15 is 0 Å². The second-order valence-corrected chi connectivity index (χ2v) is 4.84. The topological polar surface area (TPSA) is 42.7 Å². The average Bonchev–Trinajstić information content (AvgIpc) is 2.78. The second kappa shape index (κ2) is 6.43. The van der Waals surface area contributed by atoms with Crippen molar-refractivity contribution in [2.45, 2.75) is 12.8 Å². The molecule has 19 heavy (non-hydrogen) atoms. The molecule has 0 fully saturated rings. The number of hydrogen-bond donors (Lipinski definition) is 1. The lowest BCUT2D eigenvalue weighted by Crippen LogP contribution is -2.23. The van der Waals surface area contributed by atoms with E-state index < -0.39 is 0 Å². The highest BCUT2D eigenvalue weighted by atomic mass is 19.1. The number of hydrogen-bond acceptors (Lipinski definition) is 3. The maximum Gasteiger partial charge on any atom is 0.123 e. The first-order valence-corrected chi connectivity index (χ1v) is 6.41. The molecule has 102 valence electrons. The molecule has 0 aliphatic heterocycles. The number of aromatic nitrogens is 3. The first-order chi connectivity index (χ1) is 9.17. The van der Waals surface area contributed by atoms with Gasteiger partial charge in [-0.25, -0.2) is 4.39 Å². The largest absolute Gasteiger partial charge is 0.319 e. The third kappa shape index (κ3) is 4.13. The van der Waals surface area contributed by atoms with Crippen molar-refractivity contribution in [1.29, 1.82) is 0 Å².